The Morgan fingerprint density at radius 1 is 1.00 bits per heavy atom. The molecule has 150 valence electrons. The molecular weight excluding hydrogens is 354 g/mol. The molecule has 7 nitrogen and oxygen atoms in total. The number of hydrogen-bond acceptors (Lipinski definition) is 3. The standard InChI is InChI=1S/C21H29N5O2/c1-2-3-12-19(26-21(28)25-17-9-5-4-6-10-17)23-14-13-16-8-7-11-18(15-16)24-20(22)27/h4-11,15,19,23H,2-3,12-14H2,1H3,(H3,22,24,27)(H2,25,26,28). The van der Waals surface area contributed by atoms with Gasteiger partial charge in [-0.1, -0.05) is 50.1 Å². The van der Waals surface area contributed by atoms with Crippen LogP contribution < -0.4 is 27.0 Å². The summed E-state index contributed by atoms with van der Waals surface area (Å²) < 4.78 is 0. The number of nitrogens with one attached hydrogen (secondary N) is 4. The van der Waals surface area contributed by atoms with Crippen molar-refractivity contribution < 1.29 is 9.59 Å². The Morgan fingerprint density at radius 2 is 1.75 bits per heavy atom. The van der Waals surface area contributed by atoms with Crippen molar-refractivity contribution >= 4 is 23.4 Å². The van der Waals surface area contributed by atoms with Crippen LogP contribution in [0.3, 0.4) is 0 Å². The number of amides is 4. The van der Waals surface area contributed by atoms with Crippen LogP contribution in [0.5, 0.6) is 0 Å². The van der Waals surface area contributed by atoms with Crippen molar-refractivity contribution in [1.82, 2.24) is 10.6 Å². The maximum atomic E-state index is 12.3. The van der Waals surface area contributed by atoms with Crippen LogP contribution in [-0.2, 0) is 6.42 Å². The summed E-state index contributed by atoms with van der Waals surface area (Å²) in [5, 5.41) is 11.8. The first-order valence-electron chi connectivity index (χ1n) is 9.58. The van der Waals surface area contributed by atoms with E-state index in [0.717, 1.165) is 36.9 Å². The third-order valence-corrected chi connectivity index (χ3v) is 4.18. The highest BCUT2D eigenvalue weighted by molar-refractivity contribution is 5.89. The van der Waals surface area contributed by atoms with Gasteiger partial charge in [-0.2, -0.15) is 0 Å². The van der Waals surface area contributed by atoms with E-state index in [4.69, 9.17) is 5.73 Å². The second-order valence-electron chi connectivity index (χ2n) is 6.55. The minimum absolute atomic E-state index is 0.115. The van der Waals surface area contributed by atoms with Crippen LogP contribution in [-0.4, -0.2) is 24.8 Å². The molecule has 0 heterocycles. The lowest BCUT2D eigenvalue weighted by Crippen LogP contribution is -2.47. The van der Waals surface area contributed by atoms with Gasteiger partial charge in [0.05, 0.1) is 6.17 Å². The number of benzene rings is 2. The number of primary amides is 1. The highest BCUT2D eigenvalue weighted by Crippen LogP contribution is 2.11. The molecular formula is C21H29N5O2. The quantitative estimate of drug-likeness (QED) is 0.404. The van der Waals surface area contributed by atoms with Gasteiger partial charge in [0.1, 0.15) is 0 Å². The summed E-state index contributed by atoms with van der Waals surface area (Å²) in [6.45, 7) is 2.82. The Labute approximate surface area is 166 Å². The first kappa shape index (κ1) is 21.2. The van der Waals surface area contributed by atoms with E-state index in [0.29, 0.717) is 12.2 Å². The molecule has 7 heteroatoms. The Balaban J connectivity index is 1.84. The molecule has 2 aromatic rings. The van der Waals surface area contributed by atoms with E-state index in [1.165, 1.54) is 0 Å². The van der Waals surface area contributed by atoms with E-state index < -0.39 is 6.03 Å². The van der Waals surface area contributed by atoms with E-state index in [1.807, 2.05) is 48.5 Å². The topological polar surface area (TPSA) is 108 Å². The first-order chi connectivity index (χ1) is 13.6. The van der Waals surface area contributed by atoms with Crippen LogP contribution in [0.25, 0.3) is 0 Å². The fraction of sp³-hybridized carbons (Fsp3) is 0.333. The smallest absolute Gasteiger partial charge is 0.320 e. The average Bonchev–Trinajstić information content (AvgIpc) is 2.66. The van der Waals surface area contributed by atoms with Gasteiger partial charge in [-0.25, -0.2) is 9.59 Å². The van der Waals surface area contributed by atoms with Crippen molar-refractivity contribution in [3.8, 4) is 0 Å². The lowest BCUT2D eigenvalue weighted by atomic mass is 10.1. The highest BCUT2D eigenvalue weighted by atomic mass is 16.2. The van der Waals surface area contributed by atoms with Crippen molar-refractivity contribution in [1.29, 1.82) is 0 Å². The zero-order valence-corrected chi connectivity index (χ0v) is 16.2. The van der Waals surface area contributed by atoms with Crippen LogP contribution in [0.2, 0.25) is 0 Å². The first-order valence-corrected chi connectivity index (χ1v) is 9.58. The largest absolute Gasteiger partial charge is 0.351 e. The molecule has 0 bridgehead atoms. The van der Waals surface area contributed by atoms with Crippen molar-refractivity contribution in [2.75, 3.05) is 17.2 Å². The average molecular weight is 383 g/mol. The van der Waals surface area contributed by atoms with E-state index in [1.54, 1.807) is 6.07 Å². The number of urea groups is 2. The van der Waals surface area contributed by atoms with E-state index in [2.05, 4.69) is 28.2 Å². The van der Waals surface area contributed by atoms with E-state index >= 15 is 0 Å². The minimum Gasteiger partial charge on any atom is -0.351 e. The molecule has 1 unspecified atom stereocenters. The summed E-state index contributed by atoms with van der Waals surface area (Å²) in [6.07, 6.45) is 3.57. The van der Waals surface area contributed by atoms with Crippen LogP contribution >= 0.6 is 0 Å². The third kappa shape index (κ3) is 8.09. The lowest BCUT2D eigenvalue weighted by Gasteiger charge is -2.20. The molecule has 0 aliphatic rings. The fourth-order valence-corrected chi connectivity index (χ4v) is 2.82. The van der Waals surface area contributed by atoms with Gasteiger partial charge < -0.3 is 21.7 Å². The number of rotatable bonds is 10. The third-order valence-electron chi connectivity index (χ3n) is 4.18. The second kappa shape index (κ2) is 11.6. The van der Waals surface area contributed by atoms with Gasteiger partial charge in [-0.05, 0) is 42.7 Å². The van der Waals surface area contributed by atoms with Gasteiger partial charge in [0.2, 0.25) is 0 Å². The van der Waals surface area contributed by atoms with Gasteiger partial charge >= 0.3 is 12.1 Å². The van der Waals surface area contributed by atoms with Crippen molar-refractivity contribution in [3.63, 3.8) is 0 Å². The van der Waals surface area contributed by atoms with Crippen LogP contribution in [0.1, 0.15) is 31.7 Å². The molecule has 0 aliphatic carbocycles. The summed E-state index contributed by atoms with van der Waals surface area (Å²) in [6, 6.07) is 16.1. The number of carbonyl (C=O) groups is 2. The predicted molar refractivity (Wildman–Crippen MR) is 113 cm³/mol. The Bertz CT molecular complexity index is 751. The van der Waals surface area contributed by atoms with Crippen molar-refractivity contribution in [2.45, 2.75) is 38.8 Å². The highest BCUT2D eigenvalue weighted by Gasteiger charge is 2.11. The fourth-order valence-electron chi connectivity index (χ4n) is 2.82. The van der Waals surface area contributed by atoms with Crippen LogP contribution in [0.15, 0.2) is 54.6 Å². The summed E-state index contributed by atoms with van der Waals surface area (Å²) in [5.74, 6) is 0. The predicted octanol–water partition coefficient (Wildman–Crippen LogP) is 3.65. The number of nitrogens with two attached hydrogens (primary N) is 1. The monoisotopic (exact) mass is 383 g/mol. The molecule has 0 saturated heterocycles. The Hall–Kier alpha value is -3.06. The second-order valence-corrected chi connectivity index (χ2v) is 6.55. The van der Waals surface area contributed by atoms with Gasteiger partial charge in [-0.3, -0.25) is 5.32 Å². The van der Waals surface area contributed by atoms with Crippen molar-refractivity contribution in [3.05, 3.63) is 60.2 Å². The van der Waals surface area contributed by atoms with Crippen molar-refractivity contribution in [2.24, 2.45) is 5.73 Å². The number of carbonyl (C=O) groups excluding carboxylic acids is 2. The molecule has 0 radical (unpaired) electrons. The van der Waals surface area contributed by atoms with E-state index in [-0.39, 0.29) is 12.2 Å². The summed E-state index contributed by atoms with van der Waals surface area (Å²) in [4.78, 5) is 23.2. The number of anilines is 2. The molecule has 6 N–H and O–H groups in total. The molecule has 2 aromatic carbocycles. The molecule has 0 saturated carbocycles. The van der Waals surface area contributed by atoms with Crippen LogP contribution in [0, 0.1) is 0 Å². The van der Waals surface area contributed by atoms with Crippen LogP contribution in [0.4, 0.5) is 21.0 Å². The zero-order valence-electron chi connectivity index (χ0n) is 16.2. The molecule has 1 atom stereocenters. The number of unbranched alkanes of at least 4 members (excludes halogenated alkanes) is 1. The Morgan fingerprint density at radius 3 is 2.46 bits per heavy atom. The maximum Gasteiger partial charge on any atom is 0.320 e. The van der Waals surface area contributed by atoms with Gasteiger partial charge in [0.25, 0.3) is 0 Å². The normalized spacial score (nSPS) is 11.5. The molecule has 4 amide bonds. The van der Waals surface area contributed by atoms with E-state index in [9.17, 15) is 9.59 Å². The number of para-hydroxylation sites is 1. The van der Waals surface area contributed by atoms with Gasteiger partial charge in [-0.15, -0.1) is 0 Å². The molecule has 0 spiro atoms. The lowest BCUT2D eigenvalue weighted by molar-refractivity contribution is 0.244. The minimum atomic E-state index is -0.580. The van der Waals surface area contributed by atoms with Gasteiger partial charge in [0.15, 0.2) is 0 Å². The summed E-state index contributed by atoms with van der Waals surface area (Å²) in [5.41, 5.74) is 7.66. The molecule has 28 heavy (non-hydrogen) atoms. The zero-order chi connectivity index (χ0) is 20.2. The molecule has 2 rings (SSSR count). The molecule has 0 fully saturated rings. The maximum absolute atomic E-state index is 12.3. The summed E-state index contributed by atoms with van der Waals surface area (Å²) in [7, 11) is 0. The molecule has 0 aromatic heterocycles. The Kier molecular flexibility index (Phi) is 8.81. The molecule has 0 aliphatic heterocycles. The summed E-state index contributed by atoms with van der Waals surface area (Å²) >= 11 is 0. The van der Waals surface area contributed by atoms with Gasteiger partial charge in [0, 0.05) is 17.9 Å². The number of hydrogen-bond donors (Lipinski definition) is 5. The SMILES string of the molecule is CCCCC(NCCc1cccc(NC(N)=O)c1)NC(=O)Nc1ccccc1.